The summed E-state index contributed by atoms with van der Waals surface area (Å²) >= 11 is 0. The van der Waals surface area contributed by atoms with Gasteiger partial charge in [-0.25, -0.2) is 4.79 Å². The van der Waals surface area contributed by atoms with Gasteiger partial charge in [0.15, 0.2) is 0 Å². The van der Waals surface area contributed by atoms with E-state index in [9.17, 15) is 4.79 Å². The summed E-state index contributed by atoms with van der Waals surface area (Å²) in [6.45, 7) is 7.54. The number of aryl methyl sites for hydroxylation is 1. The van der Waals surface area contributed by atoms with Gasteiger partial charge in [-0.3, -0.25) is 10.3 Å². The normalized spacial score (nSPS) is 14.6. The second-order valence-corrected chi connectivity index (χ2v) is 7.08. The van der Waals surface area contributed by atoms with E-state index in [0.717, 1.165) is 27.7 Å². The highest BCUT2D eigenvalue weighted by molar-refractivity contribution is 6.06. The molecular formula is C18H23N3O2. The number of carbonyl (C=O) groups is 1. The monoisotopic (exact) mass is 313 g/mol. The topological polar surface area (TPSA) is 63.2 Å². The van der Waals surface area contributed by atoms with Crippen molar-refractivity contribution < 1.29 is 9.53 Å². The molecule has 0 unspecified atom stereocenters. The zero-order chi connectivity index (χ0) is 16.6. The lowest BCUT2D eigenvalue weighted by Crippen LogP contribution is -2.27. The molecule has 2 aromatic rings. The Bertz CT molecular complexity index is 746. The number of fused-ring (bicyclic) bond motifs is 1. The highest BCUT2D eigenvalue weighted by Crippen LogP contribution is 2.35. The molecule has 1 aromatic carbocycles. The summed E-state index contributed by atoms with van der Waals surface area (Å²) in [5.41, 5.74) is 2.32. The molecule has 0 saturated heterocycles. The first-order valence-corrected chi connectivity index (χ1v) is 7.97. The fraction of sp³-hybridized carbons (Fsp3) is 0.444. The Labute approximate surface area is 136 Å². The fourth-order valence-corrected chi connectivity index (χ4v) is 2.54. The molecule has 0 aliphatic heterocycles. The van der Waals surface area contributed by atoms with Gasteiger partial charge >= 0.3 is 6.09 Å². The smallest absolute Gasteiger partial charge is 0.412 e. The van der Waals surface area contributed by atoms with Gasteiger partial charge in [0.25, 0.3) is 0 Å². The van der Waals surface area contributed by atoms with E-state index in [1.807, 2.05) is 40.0 Å². The van der Waals surface area contributed by atoms with Crippen LogP contribution in [0.25, 0.3) is 10.8 Å². The number of nitrogens with one attached hydrogen (secondary N) is 2. The average Bonchev–Trinajstić information content (AvgIpc) is 3.25. The van der Waals surface area contributed by atoms with Crippen LogP contribution in [0, 0.1) is 6.92 Å². The van der Waals surface area contributed by atoms with Crippen LogP contribution in [0.1, 0.15) is 39.2 Å². The van der Waals surface area contributed by atoms with Crippen LogP contribution in [0.4, 0.5) is 16.2 Å². The van der Waals surface area contributed by atoms with E-state index in [-0.39, 0.29) is 0 Å². The van der Waals surface area contributed by atoms with Gasteiger partial charge in [0.05, 0.1) is 5.69 Å². The highest BCUT2D eigenvalue weighted by Gasteiger charge is 2.23. The van der Waals surface area contributed by atoms with E-state index in [1.54, 1.807) is 6.20 Å². The van der Waals surface area contributed by atoms with E-state index in [4.69, 9.17) is 4.74 Å². The Balaban J connectivity index is 1.96. The van der Waals surface area contributed by atoms with E-state index in [0.29, 0.717) is 6.04 Å². The number of hydrogen-bond acceptors (Lipinski definition) is 4. The number of amides is 1. The molecule has 5 nitrogen and oxygen atoms in total. The van der Waals surface area contributed by atoms with Crippen LogP contribution in [0.3, 0.4) is 0 Å². The second kappa shape index (κ2) is 5.72. The molecule has 1 amide bonds. The van der Waals surface area contributed by atoms with Crippen molar-refractivity contribution in [1.82, 2.24) is 4.98 Å². The van der Waals surface area contributed by atoms with Crippen LogP contribution in [-0.2, 0) is 4.74 Å². The van der Waals surface area contributed by atoms with E-state index >= 15 is 0 Å². The zero-order valence-electron chi connectivity index (χ0n) is 14.1. The molecule has 122 valence electrons. The molecular weight excluding hydrogens is 290 g/mol. The predicted octanol–water partition coefficient (Wildman–Crippen LogP) is 4.46. The lowest BCUT2D eigenvalue weighted by atomic mass is 10.0. The Morgan fingerprint density at radius 2 is 2.04 bits per heavy atom. The molecule has 1 saturated carbocycles. The van der Waals surface area contributed by atoms with Gasteiger partial charge < -0.3 is 10.1 Å². The van der Waals surface area contributed by atoms with Crippen LogP contribution in [-0.4, -0.2) is 22.7 Å². The first-order valence-electron chi connectivity index (χ1n) is 7.97. The molecule has 3 rings (SSSR count). The summed E-state index contributed by atoms with van der Waals surface area (Å²) in [7, 11) is 0. The Kier molecular flexibility index (Phi) is 3.88. The number of ether oxygens (including phenoxy) is 1. The van der Waals surface area contributed by atoms with Crippen LogP contribution < -0.4 is 10.6 Å². The van der Waals surface area contributed by atoms with E-state index in [2.05, 4.69) is 21.7 Å². The standard InChI is InChI=1S/C18H23N3O2/c1-11-9-15(20-12-5-6-12)14-10-19-8-7-13(14)16(11)21-17(22)23-18(2,3)4/h7-10,12,20H,5-6H2,1-4H3,(H,21,22). The Hall–Kier alpha value is -2.30. The van der Waals surface area contributed by atoms with Crippen molar-refractivity contribution in [3.8, 4) is 0 Å². The largest absolute Gasteiger partial charge is 0.444 e. The van der Waals surface area contributed by atoms with E-state index < -0.39 is 11.7 Å². The third kappa shape index (κ3) is 3.73. The van der Waals surface area contributed by atoms with Crippen molar-refractivity contribution in [3.05, 3.63) is 30.1 Å². The Morgan fingerprint density at radius 1 is 1.30 bits per heavy atom. The maximum atomic E-state index is 12.1. The van der Waals surface area contributed by atoms with Gasteiger partial charge in [-0.05, 0) is 58.2 Å². The van der Waals surface area contributed by atoms with E-state index in [1.165, 1.54) is 12.8 Å². The number of benzene rings is 1. The molecule has 23 heavy (non-hydrogen) atoms. The molecule has 0 atom stereocenters. The molecule has 5 heteroatoms. The van der Waals surface area contributed by atoms with Gasteiger partial charge in [-0.1, -0.05) is 0 Å². The number of pyridine rings is 1. The number of hydrogen-bond donors (Lipinski definition) is 2. The van der Waals surface area contributed by atoms with Gasteiger partial charge in [-0.15, -0.1) is 0 Å². The number of rotatable bonds is 3. The minimum Gasteiger partial charge on any atom is -0.444 e. The molecule has 0 bridgehead atoms. The van der Waals surface area contributed by atoms with Crippen LogP contribution in [0.5, 0.6) is 0 Å². The van der Waals surface area contributed by atoms with Crippen molar-refractivity contribution in [2.75, 3.05) is 10.6 Å². The molecule has 2 N–H and O–H groups in total. The predicted molar refractivity (Wildman–Crippen MR) is 93.0 cm³/mol. The SMILES string of the molecule is Cc1cc(NC2CC2)c2cnccc2c1NC(=O)OC(C)(C)C. The maximum absolute atomic E-state index is 12.1. The van der Waals surface area contributed by atoms with Crippen molar-refractivity contribution in [3.63, 3.8) is 0 Å². The van der Waals surface area contributed by atoms with Crippen molar-refractivity contribution in [1.29, 1.82) is 0 Å². The van der Waals surface area contributed by atoms with Gasteiger partial charge in [0.2, 0.25) is 0 Å². The van der Waals surface area contributed by atoms with Gasteiger partial charge in [-0.2, -0.15) is 0 Å². The molecule has 0 radical (unpaired) electrons. The Morgan fingerprint density at radius 3 is 2.70 bits per heavy atom. The van der Waals surface area contributed by atoms with Crippen molar-refractivity contribution in [2.24, 2.45) is 0 Å². The summed E-state index contributed by atoms with van der Waals surface area (Å²) in [5.74, 6) is 0. The summed E-state index contributed by atoms with van der Waals surface area (Å²) in [4.78, 5) is 16.4. The summed E-state index contributed by atoms with van der Waals surface area (Å²) in [5, 5.41) is 8.40. The quantitative estimate of drug-likeness (QED) is 0.878. The van der Waals surface area contributed by atoms with Crippen LogP contribution in [0.15, 0.2) is 24.5 Å². The highest BCUT2D eigenvalue weighted by atomic mass is 16.6. The second-order valence-electron chi connectivity index (χ2n) is 7.08. The fourth-order valence-electron chi connectivity index (χ4n) is 2.54. The third-order valence-corrected chi connectivity index (χ3v) is 3.70. The van der Waals surface area contributed by atoms with Crippen molar-refractivity contribution >= 4 is 28.2 Å². The average molecular weight is 313 g/mol. The third-order valence-electron chi connectivity index (χ3n) is 3.70. The molecule has 0 spiro atoms. The van der Waals surface area contributed by atoms with Gasteiger partial charge in [0, 0.05) is 34.9 Å². The number of aromatic nitrogens is 1. The minimum absolute atomic E-state index is 0.443. The minimum atomic E-state index is -0.525. The summed E-state index contributed by atoms with van der Waals surface area (Å²) in [6, 6.07) is 4.55. The number of nitrogens with zero attached hydrogens (tertiary/aromatic N) is 1. The summed E-state index contributed by atoms with van der Waals surface area (Å²) < 4.78 is 5.37. The molecule has 1 heterocycles. The van der Waals surface area contributed by atoms with Crippen LogP contribution >= 0.6 is 0 Å². The maximum Gasteiger partial charge on any atom is 0.412 e. The molecule has 1 aliphatic carbocycles. The van der Waals surface area contributed by atoms with Gasteiger partial charge in [0.1, 0.15) is 5.60 Å². The molecule has 1 fully saturated rings. The number of anilines is 2. The number of carbonyl (C=O) groups excluding carboxylic acids is 1. The lowest BCUT2D eigenvalue weighted by Gasteiger charge is -2.21. The first kappa shape index (κ1) is 15.6. The lowest BCUT2D eigenvalue weighted by molar-refractivity contribution is 0.0636. The zero-order valence-corrected chi connectivity index (χ0v) is 14.1. The van der Waals surface area contributed by atoms with Crippen LogP contribution in [0.2, 0.25) is 0 Å². The molecule has 1 aromatic heterocycles. The molecule has 1 aliphatic rings. The summed E-state index contributed by atoms with van der Waals surface area (Å²) in [6.07, 6.45) is 5.54. The van der Waals surface area contributed by atoms with Crippen molar-refractivity contribution in [2.45, 2.75) is 52.2 Å². The first-order chi connectivity index (χ1) is 10.8.